The van der Waals surface area contributed by atoms with E-state index >= 15 is 0 Å². The zero-order valence-electron chi connectivity index (χ0n) is 16.3. The van der Waals surface area contributed by atoms with Crippen LogP contribution in [0, 0.1) is 5.92 Å². The van der Waals surface area contributed by atoms with Gasteiger partial charge in [-0.2, -0.15) is 0 Å². The molecule has 0 unspecified atom stereocenters. The first-order chi connectivity index (χ1) is 13.4. The van der Waals surface area contributed by atoms with E-state index < -0.39 is 0 Å². The number of piperidine rings is 2. The minimum Gasteiger partial charge on any atom is -0.493 e. The number of ether oxygens (including phenoxy) is 1. The van der Waals surface area contributed by atoms with Crippen LogP contribution in [-0.4, -0.2) is 37.7 Å². The maximum atomic E-state index is 6.00. The third kappa shape index (κ3) is 5.33. The summed E-state index contributed by atoms with van der Waals surface area (Å²) in [6, 6.07) is 19.7. The van der Waals surface area contributed by atoms with E-state index in [1.807, 2.05) is 0 Å². The van der Waals surface area contributed by atoms with Gasteiger partial charge in [0.25, 0.3) is 0 Å². The molecule has 2 saturated heterocycles. The van der Waals surface area contributed by atoms with Crippen LogP contribution in [0.15, 0.2) is 54.6 Å². The number of nitrogens with one attached hydrogen (secondary N) is 1. The van der Waals surface area contributed by atoms with Gasteiger partial charge in [-0.3, -0.25) is 4.90 Å². The summed E-state index contributed by atoms with van der Waals surface area (Å²) in [5, 5.41) is 3.45. The second-order valence-corrected chi connectivity index (χ2v) is 8.13. The van der Waals surface area contributed by atoms with Gasteiger partial charge in [-0.25, -0.2) is 0 Å². The fourth-order valence-corrected chi connectivity index (χ4v) is 4.38. The van der Waals surface area contributed by atoms with Crippen LogP contribution in [0.2, 0.25) is 0 Å². The molecule has 0 aromatic heterocycles. The van der Waals surface area contributed by atoms with Crippen LogP contribution in [0.25, 0.3) is 0 Å². The fourth-order valence-electron chi connectivity index (χ4n) is 4.38. The Morgan fingerprint density at radius 2 is 1.70 bits per heavy atom. The number of nitrogens with zero attached hydrogens (tertiary/aromatic N) is 1. The van der Waals surface area contributed by atoms with Gasteiger partial charge >= 0.3 is 0 Å². The van der Waals surface area contributed by atoms with Crippen LogP contribution in [-0.2, 0) is 6.54 Å². The predicted molar refractivity (Wildman–Crippen MR) is 111 cm³/mol. The van der Waals surface area contributed by atoms with Crippen molar-refractivity contribution in [2.75, 3.05) is 32.8 Å². The Kier molecular flexibility index (Phi) is 6.44. The van der Waals surface area contributed by atoms with E-state index in [0.717, 1.165) is 37.9 Å². The second-order valence-electron chi connectivity index (χ2n) is 8.13. The molecular formula is C24H32N2O. The van der Waals surface area contributed by atoms with Crippen molar-refractivity contribution in [3.63, 3.8) is 0 Å². The molecule has 0 radical (unpaired) electrons. The maximum Gasteiger partial charge on any atom is 0.119 e. The molecule has 0 spiro atoms. The summed E-state index contributed by atoms with van der Waals surface area (Å²) in [6.45, 7) is 6.51. The first kappa shape index (κ1) is 18.5. The van der Waals surface area contributed by atoms with Crippen molar-refractivity contribution in [3.05, 3.63) is 65.7 Å². The Bertz CT molecular complexity index is 671. The van der Waals surface area contributed by atoms with E-state index in [-0.39, 0.29) is 0 Å². The lowest BCUT2D eigenvalue weighted by Crippen LogP contribution is -2.33. The predicted octanol–water partition coefficient (Wildman–Crippen LogP) is 4.44. The van der Waals surface area contributed by atoms with Crippen molar-refractivity contribution in [1.29, 1.82) is 0 Å². The number of likely N-dealkylation sites (tertiary alicyclic amines) is 1. The molecule has 2 aliphatic rings. The Morgan fingerprint density at radius 1 is 0.926 bits per heavy atom. The van der Waals surface area contributed by atoms with Gasteiger partial charge < -0.3 is 10.1 Å². The van der Waals surface area contributed by atoms with Crippen LogP contribution in [0.3, 0.4) is 0 Å². The van der Waals surface area contributed by atoms with Crippen molar-refractivity contribution >= 4 is 0 Å². The molecular weight excluding hydrogens is 332 g/mol. The molecule has 2 aromatic carbocycles. The smallest absolute Gasteiger partial charge is 0.119 e. The molecule has 2 heterocycles. The third-order valence-corrected chi connectivity index (χ3v) is 6.07. The normalized spacial score (nSPS) is 21.9. The van der Waals surface area contributed by atoms with Crippen molar-refractivity contribution in [1.82, 2.24) is 10.2 Å². The first-order valence-electron chi connectivity index (χ1n) is 10.6. The lowest BCUT2D eigenvalue weighted by molar-refractivity contribution is 0.204. The molecule has 3 heteroatoms. The minimum atomic E-state index is 0.657. The maximum absolute atomic E-state index is 6.00. The summed E-state index contributed by atoms with van der Waals surface area (Å²) in [6.07, 6.45) is 5.08. The van der Waals surface area contributed by atoms with Crippen LogP contribution in [0.1, 0.15) is 42.7 Å². The van der Waals surface area contributed by atoms with E-state index in [1.54, 1.807) is 0 Å². The van der Waals surface area contributed by atoms with E-state index in [9.17, 15) is 0 Å². The van der Waals surface area contributed by atoms with E-state index in [1.165, 1.54) is 49.9 Å². The molecule has 0 aliphatic carbocycles. The molecule has 0 saturated carbocycles. The summed E-state index contributed by atoms with van der Waals surface area (Å²) in [5.74, 6) is 2.39. The Morgan fingerprint density at radius 3 is 2.41 bits per heavy atom. The Balaban J connectivity index is 1.22. The topological polar surface area (TPSA) is 24.5 Å². The molecule has 4 rings (SSSR count). The Labute approximate surface area is 163 Å². The molecule has 144 valence electrons. The molecule has 1 atom stereocenters. The molecule has 27 heavy (non-hydrogen) atoms. The summed E-state index contributed by atoms with van der Waals surface area (Å²) in [7, 11) is 0. The minimum absolute atomic E-state index is 0.657. The largest absolute Gasteiger partial charge is 0.493 e. The molecule has 3 nitrogen and oxygen atoms in total. The van der Waals surface area contributed by atoms with Gasteiger partial charge in [-0.1, -0.05) is 42.5 Å². The lowest BCUT2D eigenvalue weighted by Gasteiger charge is -2.32. The quantitative estimate of drug-likeness (QED) is 0.820. The molecule has 0 bridgehead atoms. The van der Waals surface area contributed by atoms with Gasteiger partial charge in [-0.05, 0) is 74.5 Å². The highest BCUT2D eigenvalue weighted by molar-refractivity contribution is 5.27. The van der Waals surface area contributed by atoms with E-state index in [0.29, 0.717) is 5.92 Å². The first-order valence-corrected chi connectivity index (χ1v) is 10.6. The second kappa shape index (κ2) is 9.38. The number of benzene rings is 2. The summed E-state index contributed by atoms with van der Waals surface area (Å²) < 4.78 is 6.00. The van der Waals surface area contributed by atoms with Crippen LogP contribution < -0.4 is 10.1 Å². The average Bonchev–Trinajstić information content (AvgIpc) is 2.75. The number of hydrogen-bond acceptors (Lipinski definition) is 3. The van der Waals surface area contributed by atoms with Gasteiger partial charge in [0, 0.05) is 19.0 Å². The van der Waals surface area contributed by atoms with Gasteiger partial charge in [0.05, 0.1) is 6.61 Å². The molecule has 2 aromatic rings. The van der Waals surface area contributed by atoms with Crippen molar-refractivity contribution in [2.45, 2.75) is 38.1 Å². The third-order valence-electron chi connectivity index (χ3n) is 6.07. The van der Waals surface area contributed by atoms with Gasteiger partial charge in [0.15, 0.2) is 0 Å². The van der Waals surface area contributed by atoms with E-state index in [2.05, 4.69) is 64.8 Å². The monoisotopic (exact) mass is 364 g/mol. The highest BCUT2D eigenvalue weighted by atomic mass is 16.5. The zero-order valence-corrected chi connectivity index (χ0v) is 16.3. The van der Waals surface area contributed by atoms with Crippen LogP contribution in [0.5, 0.6) is 5.75 Å². The van der Waals surface area contributed by atoms with Gasteiger partial charge in [-0.15, -0.1) is 0 Å². The molecule has 1 N–H and O–H groups in total. The van der Waals surface area contributed by atoms with Crippen molar-refractivity contribution in [3.8, 4) is 5.75 Å². The fraction of sp³-hybridized carbons (Fsp3) is 0.500. The van der Waals surface area contributed by atoms with Crippen molar-refractivity contribution < 1.29 is 4.74 Å². The van der Waals surface area contributed by atoms with Crippen LogP contribution in [0.4, 0.5) is 0 Å². The highest BCUT2D eigenvalue weighted by Crippen LogP contribution is 2.28. The van der Waals surface area contributed by atoms with Gasteiger partial charge in [0.1, 0.15) is 5.75 Å². The van der Waals surface area contributed by atoms with E-state index in [4.69, 9.17) is 4.74 Å². The molecule has 2 fully saturated rings. The molecule has 2 aliphatic heterocycles. The van der Waals surface area contributed by atoms with Gasteiger partial charge in [0.2, 0.25) is 0 Å². The Hall–Kier alpha value is -1.84. The number of rotatable bonds is 6. The average molecular weight is 365 g/mol. The summed E-state index contributed by atoms with van der Waals surface area (Å²) in [4.78, 5) is 2.59. The summed E-state index contributed by atoms with van der Waals surface area (Å²) in [5.41, 5.74) is 2.90. The zero-order chi connectivity index (χ0) is 18.3. The van der Waals surface area contributed by atoms with Crippen molar-refractivity contribution in [2.24, 2.45) is 5.92 Å². The van der Waals surface area contributed by atoms with Crippen LogP contribution >= 0.6 is 0 Å². The molecule has 0 amide bonds. The SMILES string of the molecule is c1ccc(C2CCN(Cc3ccc(OC[C@H]4CCCNC4)cc3)CC2)cc1. The number of hydrogen-bond donors (Lipinski definition) is 1. The highest BCUT2D eigenvalue weighted by Gasteiger charge is 2.20. The summed E-state index contributed by atoms with van der Waals surface area (Å²) >= 11 is 0. The standard InChI is InChI=1S/C24H32N2O/c1-2-6-22(7-3-1)23-12-15-26(16-13-23)18-20-8-10-24(11-9-20)27-19-21-5-4-14-25-17-21/h1-3,6-11,21,23,25H,4-5,12-19H2/t21-/m0/s1. The lowest BCUT2D eigenvalue weighted by atomic mass is 9.89.